The molecule has 192 valence electrons. The molecule has 2 aromatic rings. The van der Waals surface area contributed by atoms with Crippen LogP contribution in [0.5, 0.6) is 5.75 Å². The van der Waals surface area contributed by atoms with Crippen LogP contribution in [0.25, 0.3) is 0 Å². The Morgan fingerprint density at radius 1 is 1.16 bits per heavy atom. The number of hydrogen-bond acceptors (Lipinski definition) is 5. The summed E-state index contributed by atoms with van der Waals surface area (Å²) in [5, 5.41) is 7.75. The molecule has 1 fully saturated rings. The van der Waals surface area contributed by atoms with E-state index in [1.54, 1.807) is 41.2 Å². The van der Waals surface area contributed by atoms with E-state index in [0.29, 0.717) is 31.9 Å². The van der Waals surface area contributed by atoms with Crippen molar-refractivity contribution in [3.8, 4) is 5.75 Å². The molecule has 1 aromatic carbocycles. The topological polar surface area (TPSA) is 86.8 Å². The zero-order chi connectivity index (χ0) is 26.3. The first-order valence-corrected chi connectivity index (χ1v) is 12.1. The molecule has 8 heteroatoms. The number of unbranched alkanes of at least 4 members (excludes halogenated alkanes) is 1. The molecule has 1 aromatic heterocycles. The molecule has 37 heavy (non-hydrogen) atoms. The molecule has 1 saturated heterocycles. The zero-order valence-electron chi connectivity index (χ0n) is 22.4. The van der Waals surface area contributed by atoms with E-state index in [9.17, 15) is 9.59 Å². The Bertz CT molecular complexity index is 1070. The first-order chi connectivity index (χ1) is 17.4. The summed E-state index contributed by atoms with van der Waals surface area (Å²) >= 11 is 0. The number of rotatable bonds is 9. The molecule has 1 aliphatic rings. The van der Waals surface area contributed by atoms with Crippen LogP contribution in [0.15, 0.2) is 65.8 Å². The normalized spacial score (nSPS) is 13.1. The Hall–Kier alpha value is -2.87. The molecule has 0 aliphatic carbocycles. The Labute approximate surface area is 242 Å². The van der Waals surface area contributed by atoms with Crippen molar-refractivity contribution < 1.29 is 48.3 Å². The fraction of sp³-hybridized carbons (Fsp3) is 0.345. The molecule has 0 unspecified atom stereocenters. The Balaban J connectivity index is 0.000000396. The van der Waals surface area contributed by atoms with Gasteiger partial charge in [0.15, 0.2) is 11.7 Å². The first-order valence-electron chi connectivity index (χ1n) is 12.1. The number of ether oxygens (including phenoxy) is 1. The fourth-order valence-corrected chi connectivity index (χ4v) is 3.52. The Morgan fingerprint density at radius 2 is 1.86 bits per heavy atom. The third-order valence-electron chi connectivity index (χ3n) is 5.49. The van der Waals surface area contributed by atoms with Crippen LogP contribution in [-0.2, 0) is 11.2 Å². The summed E-state index contributed by atoms with van der Waals surface area (Å²) in [7, 11) is 1.69. The second kappa shape index (κ2) is 17.6. The van der Waals surface area contributed by atoms with Gasteiger partial charge in [-0.2, -0.15) is 0 Å². The number of carbonyl (C=O) groups excluding carboxylic acids is 2. The van der Waals surface area contributed by atoms with Crippen LogP contribution in [0, 0.1) is 17.6 Å². The Morgan fingerprint density at radius 3 is 2.43 bits per heavy atom. The van der Waals surface area contributed by atoms with E-state index in [1.807, 2.05) is 19.1 Å². The summed E-state index contributed by atoms with van der Waals surface area (Å²) in [6, 6.07) is 9.34. The maximum absolute atomic E-state index is 12.1. The van der Waals surface area contributed by atoms with Crippen molar-refractivity contribution in [2.24, 2.45) is 0 Å². The third kappa shape index (κ3) is 10.2. The molecule has 0 spiro atoms. The third-order valence-corrected chi connectivity index (χ3v) is 5.49. The molecule has 1 N–H and O–H groups in total. The van der Waals surface area contributed by atoms with Gasteiger partial charge in [0.25, 0.3) is 5.91 Å². The van der Waals surface area contributed by atoms with Gasteiger partial charge in [0, 0.05) is 26.2 Å². The predicted octanol–water partition coefficient (Wildman–Crippen LogP) is 1.90. The minimum absolute atomic E-state index is 0. The summed E-state index contributed by atoms with van der Waals surface area (Å²) in [6.45, 7) is 9.48. The van der Waals surface area contributed by atoms with E-state index in [4.69, 9.17) is 14.6 Å². The van der Waals surface area contributed by atoms with Gasteiger partial charge in [-0.3, -0.25) is 15.7 Å². The second-order valence-electron chi connectivity index (χ2n) is 8.00. The zero-order valence-corrected chi connectivity index (χ0v) is 24.4. The van der Waals surface area contributed by atoms with Gasteiger partial charge in [0.2, 0.25) is 0 Å². The maximum Gasteiger partial charge on any atom is 1.00 e. The Kier molecular flexibility index (Phi) is 15.3. The number of benzene rings is 1. The van der Waals surface area contributed by atoms with Crippen LogP contribution in [-0.4, -0.2) is 60.6 Å². The summed E-state index contributed by atoms with van der Waals surface area (Å²) in [4.78, 5) is 27.5. The minimum Gasteiger partial charge on any atom is -0.498 e. The number of methoxy groups -OCH3 is 1. The summed E-state index contributed by atoms with van der Waals surface area (Å²) in [5.41, 5.74) is 2.21. The maximum atomic E-state index is 12.1. The monoisotopic (exact) mass is 512 g/mol. The van der Waals surface area contributed by atoms with Gasteiger partial charge in [-0.15, -0.1) is 48.9 Å². The molecular formula is C29H35N3NaO4-. The van der Waals surface area contributed by atoms with Gasteiger partial charge < -0.3 is 24.4 Å². The van der Waals surface area contributed by atoms with Crippen molar-refractivity contribution in [1.82, 2.24) is 9.80 Å². The average molecular weight is 513 g/mol. The van der Waals surface area contributed by atoms with Crippen LogP contribution < -0.4 is 34.3 Å². The molecule has 0 bridgehead atoms. The summed E-state index contributed by atoms with van der Waals surface area (Å²) < 4.78 is 10.3. The van der Waals surface area contributed by atoms with Crippen molar-refractivity contribution in [2.75, 3.05) is 33.3 Å². The molecular weight excluding hydrogens is 477 g/mol. The van der Waals surface area contributed by atoms with E-state index in [1.165, 1.54) is 17.9 Å². The smallest absolute Gasteiger partial charge is 0.498 e. The van der Waals surface area contributed by atoms with E-state index in [0.717, 1.165) is 30.6 Å². The first kappa shape index (κ1) is 32.2. The number of allylic oxidation sites excluding steroid dienone is 3. The molecule has 2 heterocycles. The van der Waals surface area contributed by atoms with E-state index in [-0.39, 0.29) is 47.1 Å². The number of nitrogens with one attached hydrogen (secondary N) is 1. The summed E-state index contributed by atoms with van der Waals surface area (Å²) in [6.07, 6.45) is 15.1. The summed E-state index contributed by atoms with van der Waals surface area (Å²) in [5.74, 6) is 0.776. The van der Waals surface area contributed by atoms with Crippen molar-refractivity contribution in [3.05, 3.63) is 90.4 Å². The molecule has 3 rings (SSSR count). The van der Waals surface area contributed by atoms with Gasteiger partial charge >= 0.3 is 29.6 Å². The number of amides is 2. The second-order valence-corrected chi connectivity index (χ2v) is 8.00. The molecule has 0 atom stereocenters. The molecule has 0 radical (unpaired) electrons. The van der Waals surface area contributed by atoms with E-state index >= 15 is 0 Å². The van der Waals surface area contributed by atoms with Crippen LogP contribution >= 0.6 is 0 Å². The van der Waals surface area contributed by atoms with Gasteiger partial charge in [0.1, 0.15) is 5.75 Å². The number of nitrogens with zero attached hydrogens (tertiary/aromatic N) is 2. The van der Waals surface area contributed by atoms with Crippen LogP contribution in [0.1, 0.15) is 48.4 Å². The minimum atomic E-state index is -0.311. The number of aryl methyl sites for hydroxylation is 1. The van der Waals surface area contributed by atoms with Crippen LogP contribution in [0.2, 0.25) is 0 Å². The average Bonchev–Trinajstić information content (AvgIpc) is 3.46. The van der Waals surface area contributed by atoms with Crippen molar-refractivity contribution >= 4 is 17.5 Å². The number of piperazine rings is 1. The number of furan rings is 1. The van der Waals surface area contributed by atoms with Crippen molar-refractivity contribution in [2.45, 2.75) is 33.1 Å². The molecule has 0 saturated carbocycles. The van der Waals surface area contributed by atoms with E-state index in [2.05, 4.69) is 31.7 Å². The van der Waals surface area contributed by atoms with Gasteiger partial charge in [0.05, 0.1) is 13.4 Å². The molecule has 2 amide bonds. The standard InChI is InChI=1S/C16H20N3O3.C13H15O.Na/c1-2-3-4-6-13(17)15(20)18-8-10-19(11-9-18)16(21)14-7-5-12-22-14;1-4-6-7-11-8-9-13(14-3)12(5-2)10-11;/h5-7,12,17H,2-3,8-11H2,1H3;4,6,8-10H,1,5H2,2-3H3;/q2*-1;+1. The number of carbonyl (C=O) groups is 2. The fourth-order valence-electron chi connectivity index (χ4n) is 3.52. The van der Waals surface area contributed by atoms with Crippen LogP contribution in [0.4, 0.5) is 0 Å². The van der Waals surface area contributed by atoms with Gasteiger partial charge in [-0.05, 0) is 29.8 Å². The SMILES string of the molecule is C=CC=[C-]c1ccc(OC)c(CC)c1.CCC[C-]=CC(=N)C(=O)N1CCN(C(=O)c2ccco2)CC1.[Na+]. The largest absolute Gasteiger partial charge is 1.00 e. The quantitative estimate of drug-likeness (QED) is 0.241. The molecule has 7 nitrogen and oxygen atoms in total. The predicted molar refractivity (Wildman–Crippen MR) is 141 cm³/mol. The van der Waals surface area contributed by atoms with Crippen molar-refractivity contribution in [1.29, 1.82) is 5.41 Å². The van der Waals surface area contributed by atoms with Crippen LogP contribution in [0.3, 0.4) is 0 Å². The van der Waals surface area contributed by atoms with Gasteiger partial charge in [-0.25, -0.2) is 6.08 Å². The molecule has 1 aliphatic heterocycles. The van der Waals surface area contributed by atoms with E-state index < -0.39 is 0 Å². The van der Waals surface area contributed by atoms with Gasteiger partial charge in [-0.1, -0.05) is 26.3 Å². The number of hydrogen-bond donors (Lipinski definition) is 1. The van der Waals surface area contributed by atoms with Crippen molar-refractivity contribution in [3.63, 3.8) is 0 Å².